The molecule has 0 saturated heterocycles. The smallest absolute Gasteiger partial charge is 0.293 e. The van der Waals surface area contributed by atoms with Crippen molar-refractivity contribution in [3.8, 4) is 11.6 Å². The summed E-state index contributed by atoms with van der Waals surface area (Å²) in [6.45, 7) is 0.399. The van der Waals surface area contributed by atoms with E-state index in [-0.39, 0.29) is 23.1 Å². The van der Waals surface area contributed by atoms with Crippen molar-refractivity contribution in [2.75, 3.05) is 12.8 Å². The molecule has 12 heteroatoms. The van der Waals surface area contributed by atoms with Crippen molar-refractivity contribution in [3.63, 3.8) is 0 Å². The minimum absolute atomic E-state index is 0.0426. The summed E-state index contributed by atoms with van der Waals surface area (Å²) < 4.78 is 6.06. The molecule has 2 heterocycles. The Kier molecular flexibility index (Phi) is 6.40. The van der Waals surface area contributed by atoms with Crippen LogP contribution in [0.1, 0.15) is 53.8 Å². The third kappa shape index (κ3) is 4.59. The van der Waals surface area contributed by atoms with Gasteiger partial charge in [-0.15, -0.1) is 5.10 Å². The predicted octanol–water partition coefficient (Wildman–Crippen LogP) is 1.47. The van der Waals surface area contributed by atoms with Crippen LogP contribution in [0.5, 0.6) is 5.75 Å². The minimum Gasteiger partial charge on any atom is -0.507 e. The van der Waals surface area contributed by atoms with Crippen LogP contribution in [0.3, 0.4) is 0 Å². The lowest BCUT2D eigenvalue weighted by Crippen LogP contribution is -2.34. The number of nitrogens with zero attached hydrogens (tertiary/aromatic N) is 7. The highest BCUT2D eigenvalue weighted by Crippen LogP contribution is 2.24. The van der Waals surface area contributed by atoms with Gasteiger partial charge in [0.1, 0.15) is 5.75 Å². The second-order valence-corrected chi connectivity index (χ2v) is 7.73. The van der Waals surface area contributed by atoms with Crippen LogP contribution in [0.4, 0.5) is 5.82 Å². The summed E-state index contributed by atoms with van der Waals surface area (Å²) in [5, 5.41) is 29.2. The van der Waals surface area contributed by atoms with Crippen LogP contribution >= 0.6 is 0 Å². The molecule has 0 radical (unpaired) electrons. The molecule has 3 aromatic rings. The molecule has 4 N–H and O–H groups in total. The zero-order valence-electron chi connectivity index (χ0n) is 17.7. The first-order valence-electron chi connectivity index (χ1n) is 10.4. The van der Waals surface area contributed by atoms with Crippen molar-refractivity contribution in [1.29, 1.82) is 0 Å². The van der Waals surface area contributed by atoms with Gasteiger partial charge < -0.3 is 10.8 Å². The van der Waals surface area contributed by atoms with Gasteiger partial charge in [0.25, 0.3) is 5.91 Å². The molecule has 0 unspecified atom stereocenters. The average Bonchev–Trinajstić information content (AvgIpc) is 3.41. The first kappa shape index (κ1) is 21.4. The Morgan fingerprint density at radius 2 is 2.12 bits per heavy atom. The van der Waals surface area contributed by atoms with Crippen LogP contribution < -0.4 is 11.2 Å². The Morgan fingerprint density at radius 3 is 2.84 bits per heavy atom. The van der Waals surface area contributed by atoms with E-state index in [9.17, 15) is 9.90 Å². The number of nitrogens with two attached hydrogens (primary N) is 1. The van der Waals surface area contributed by atoms with Crippen LogP contribution in [-0.4, -0.2) is 60.5 Å². The van der Waals surface area contributed by atoms with E-state index in [1.54, 1.807) is 18.2 Å². The fourth-order valence-corrected chi connectivity index (χ4v) is 3.83. The number of hydrazone groups is 1. The molecule has 1 aromatic carbocycles. The summed E-state index contributed by atoms with van der Waals surface area (Å²) in [4.78, 5) is 15.0. The zero-order chi connectivity index (χ0) is 22.5. The lowest BCUT2D eigenvalue weighted by Gasteiger charge is -2.31. The number of aromatic nitrogens is 5. The Morgan fingerprint density at radius 1 is 1.34 bits per heavy atom. The summed E-state index contributed by atoms with van der Waals surface area (Å²) in [6, 6.07) is 7.05. The number of para-hydroxylation sites is 1. The second kappa shape index (κ2) is 9.56. The Balaban J connectivity index is 1.58. The van der Waals surface area contributed by atoms with Crippen molar-refractivity contribution < 1.29 is 14.5 Å². The number of phenolic OH excluding ortho intramolecular Hbond substituents is 1. The lowest BCUT2D eigenvalue weighted by atomic mass is 9.94. The first-order chi connectivity index (χ1) is 15.5. The number of anilines is 1. The van der Waals surface area contributed by atoms with E-state index in [0.717, 1.165) is 12.8 Å². The number of carbonyl (C=O) groups is 1. The average molecular weight is 439 g/mol. The Hall–Kier alpha value is -3.80. The molecule has 32 heavy (non-hydrogen) atoms. The summed E-state index contributed by atoms with van der Waals surface area (Å²) in [5.74, 6) is -0.285. The highest BCUT2D eigenvalue weighted by atomic mass is 16.6. The second-order valence-electron chi connectivity index (χ2n) is 7.73. The van der Waals surface area contributed by atoms with Crippen molar-refractivity contribution in [2.45, 2.75) is 44.7 Å². The molecule has 1 saturated carbocycles. The number of aromatic hydroxyl groups is 1. The maximum absolute atomic E-state index is 12.9. The van der Waals surface area contributed by atoms with Gasteiger partial charge in [0.2, 0.25) is 11.6 Å². The highest BCUT2D eigenvalue weighted by molar-refractivity contribution is 5.94. The molecule has 1 fully saturated rings. The van der Waals surface area contributed by atoms with E-state index < -0.39 is 5.91 Å². The zero-order valence-corrected chi connectivity index (χ0v) is 17.7. The van der Waals surface area contributed by atoms with Crippen LogP contribution in [0.2, 0.25) is 0 Å². The Bertz CT molecular complexity index is 1100. The summed E-state index contributed by atoms with van der Waals surface area (Å²) >= 11 is 0. The molecule has 12 nitrogen and oxygen atoms in total. The van der Waals surface area contributed by atoms with Gasteiger partial charge in [-0.25, -0.2) is 10.1 Å². The summed E-state index contributed by atoms with van der Waals surface area (Å²) in [7, 11) is 2.01. The normalized spacial score (nSPS) is 14.9. The monoisotopic (exact) mass is 439 g/mol. The highest BCUT2D eigenvalue weighted by Gasteiger charge is 2.27. The molecule has 168 valence electrons. The van der Waals surface area contributed by atoms with E-state index in [1.807, 2.05) is 7.05 Å². The van der Waals surface area contributed by atoms with Crippen LogP contribution in [0.15, 0.2) is 34.0 Å². The fourth-order valence-electron chi connectivity index (χ4n) is 3.83. The van der Waals surface area contributed by atoms with Gasteiger partial charge in [0, 0.05) is 18.2 Å². The van der Waals surface area contributed by atoms with Gasteiger partial charge in [0.15, 0.2) is 5.69 Å². The topological polar surface area (TPSA) is 161 Å². The number of rotatable bonds is 7. The number of phenols is 1. The number of nitrogens with one attached hydrogen (secondary N) is 1. The van der Waals surface area contributed by atoms with Gasteiger partial charge >= 0.3 is 0 Å². The number of hydrogen-bond acceptors (Lipinski definition) is 10. The Labute approximate surface area is 184 Å². The van der Waals surface area contributed by atoms with Gasteiger partial charge in [-0.3, -0.25) is 9.69 Å². The lowest BCUT2D eigenvalue weighted by molar-refractivity contribution is 0.0947. The van der Waals surface area contributed by atoms with Gasteiger partial charge in [-0.2, -0.15) is 9.78 Å². The standard InChI is InChI=1S/C20H25N9O3/c1-28(14-8-3-2-4-9-14)12-15-17(23-27-29(15)19-18(21)25-32-26-19)20(31)24-22-11-13-7-5-6-10-16(13)30/h5-7,10-11,14,30H,2-4,8-9,12H2,1H3,(H2,21,25)(H,24,31)/b22-11-. The molecular weight excluding hydrogens is 414 g/mol. The molecule has 0 aliphatic heterocycles. The van der Waals surface area contributed by atoms with Gasteiger partial charge in [-0.1, -0.05) is 36.6 Å². The van der Waals surface area contributed by atoms with E-state index in [4.69, 9.17) is 10.4 Å². The molecule has 0 bridgehead atoms. The maximum Gasteiger partial charge on any atom is 0.293 e. The third-order valence-corrected chi connectivity index (χ3v) is 5.58. The number of carbonyl (C=O) groups excluding carboxylic acids is 1. The molecule has 1 aliphatic carbocycles. The summed E-state index contributed by atoms with van der Waals surface area (Å²) in [6.07, 6.45) is 7.15. The molecular formula is C20H25N9O3. The number of benzene rings is 1. The molecule has 2 aromatic heterocycles. The SMILES string of the molecule is CN(Cc1c(C(=O)N/N=C\c2ccccc2O)nnn1-c1nonc1N)C1CCCCC1. The van der Waals surface area contributed by atoms with Crippen LogP contribution in [0, 0.1) is 0 Å². The molecule has 1 amide bonds. The van der Waals surface area contributed by atoms with Crippen molar-refractivity contribution >= 4 is 17.9 Å². The summed E-state index contributed by atoms with van der Waals surface area (Å²) in [5.41, 5.74) is 9.33. The molecule has 1 aliphatic rings. The molecule has 4 rings (SSSR count). The maximum atomic E-state index is 12.9. The van der Waals surface area contributed by atoms with Crippen molar-refractivity contribution in [3.05, 3.63) is 41.2 Å². The van der Waals surface area contributed by atoms with E-state index in [0.29, 0.717) is 23.8 Å². The fraction of sp³-hybridized carbons (Fsp3) is 0.400. The van der Waals surface area contributed by atoms with Crippen LogP contribution in [-0.2, 0) is 6.54 Å². The first-order valence-corrected chi connectivity index (χ1v) is 10.4. The largest absolute Gasteiger partial charge is 0.507 e. The van der Waals surface area contributed by atoms with E-state index in [1.165, 1.54) is 36.2 Å². The van der Waals surface area contributed by atoms with Gasteiger partial charge in [0.05, 0.1) is 11.9 Å². The number of amides is 1. The predicted molar refractivity (Wildman–Crippen MR) is 115 cm³/mol. The van der Waals surface area contributed by atoms with E-state index in [2.05, 4.69) is 36.1 Å². The van der Waals surface area contributed by atoms with Crippen molar-refractivity contribution in [1.82, 2.24) is 35.6 Å². The van der Waals surface area contributed by atoms with Crippen LogP contribution in [0.25, 0.3) is 5.82 Å². The quantitative estimate of drug-likeness (QED) is 0.366. The molecule has 0 atom stereocenters. The van der Waals surface area contributed by atoms with Gasteiger partial charge in [-0.05, 0) is 42.3 Å². The number of nitrogen functional groups attached to an aromatic ring is 1. The molecule has 0 spiro atoms. The van der Waals surface area contributed by atoms with E-state index >= 15 is 0 Å². The number of hydrogen-bond donors (Lipinski definition) is 3. The van der Waals surface area contributed by atoms with Crippen molar-refractivity contribution in [2.24, 2.45) is 5.10 Å². The minimum atomic E-state index is -0.551. The third-order valence-electron chi connectivity index (χ3n) is 5.58.